The second kappa shape index (κ2) is 11.6. The topological polar surface area (TPSA) is 114 Å². The number of imide groups is 1. The Kier molecular flexibility index (Phi) is 8.85. The normalized spacial score (nSPS) is 10.7. The average Bonchev–Trinajstić information content (AvgIpc) is 2.72. The third-order valence-electron chi connectivity index (χ3n) is 4.03. The molecule has 0 aromatic heterocycles. The van der Waals surface area contributed by atoms with Crippen LogP contribution in [0.5, 0.6) is 11.5 Å². The molecule has 160 valence electrons. The second-order valence-electron chi connectivity index (χ2n) is 6.34. The van der Waals surface area contributed by atoms with Crippen molar-refractivity contribution < 1.29 is 19.1 Å². The van der Waals surface area contributed by atoms with Crippen LogP contribution in [-0.4, -0.2) is 18.5 Å². The zero-order valence-electron chi connectivity index (χ0n) is 17.0. The Labute approximate surface area is 189 Å². The van der Waals surface area contributed by atoms with Crippen LogP contribution in [0.1, 0.15) is 23.6 Å². The van der Waals surface area contributed by atoms with Crippen molar-refractivity contribution in [3.8, 4) is 17.6 Å². The van der Waals surface area contributed by atoms with Crippen molar-refractivity contribution in [2.75, 3.05) is 6.61 Å². The van der Waals surface area contributed by atoms with Crippen LogP contribution in [0.25, 0.3) is 6.08 Å². The molecule has 0 saturated heterocycles. The number of amides is 3. The molecule has 2 aromatic carbocycles. The molecule has 0 unspecified atom stereocenters. The van der Waals surface area contributed by atoms with Crippen molar-refractivity contribution in [1.82, 2.24) is 5.32 Å². The number of ether oxygens (including phenoxy) is 2. The molecule has 0 aliphatic carbocycles. The predicted molar refractivity (Wildman–Crippen MR) is 121 cm³/mol. The third kappa shape index (κ3) is 7.01. The van der Waals surface area contributed by atoms with Gasteiger partial charge in [-0.3, -0.25) is 10.1 Å². The molecule has 31 heavy (non-hydrogen) atoms. The van der Waals surface area contributed by atoms with E-state index in [0.717, 1.165) is 15.6 Å². The molecule has 0 radical (unpaired) electrons. The Morgan fingerprint density at radius 2 is 1.97 bits per heavy atom. The van der Waals surface area contributed by atoms with Gasteiger partial charge in [0.25, 0.3) is 5.91 Å². The lowest BCUT2D eigenvalue weighted by molar-refractivity contribution is -0.115. The van der Waals surface area contributed by atoms with E-state index in [4.69, 9.17) is 15.2 Å². The summed E-state index contributed by atoms with van der Waals surface area (Å²) in [4.78, 5) is 22.9. The van der Waals surface area contributed by atoms with Crippen LogP contribution in [0, 0.1) is 11.3 Å². The van der Waals surface area contributed by atoms with E-state index in [-0.39, 0.29) is 5.57 Å². The minimum absolute atomic E-state index is 0.269. The highest BCUT2D eigenvalue weighted by Gasteiger charge is 2.16. The molecule has 3 amide bonds. The van der Waals surface area contributed by atoms with Gasteiger partial charge in [0.05, 0.1) is 6.61 Å². The Morgan fingerprint density at radius 3 is 2.55 bits per heavy atom. The number of hydrogen-bond acceptors (Lipinski definition) is 5. The highest BCUT2D eigenvalue weighted by atomic mass is 79.9. The summed E-state index contributed by atoms with van der Waals surface area (Å²) in [5.74, 6) is 0.147. The number of urea groups is 1. The molecule has 7 nitrogen and oxygen atoms in total. The number of primary amides is 1. The van der Waals surface area contributed by atoms with Crippen LogP contribution >= 0.6 is 15.9 Å². The van der Waals surface area contributed by atoms with Crippen molar-refractivity contribution in [3.05, 3.63) is 75.8 Å². The molecule has 8 heteroatoms. The Bertz CT molecular complexity index is 1040. The molecule has 0 aliphatic rings. The van der Waals surface area contributed by atoms with E-state index in [1.807, 2.05) is 36.5 Å². The first-order valence-electron chi connectivity index (χ1n) is 9.38. The lowest BCUT2D eigenvalue weighted by Crippen LogP contribution is -2.35. The average molecular weight is 484 g/mol. The second-order valence-corrected chi connectivity index (χ2v) is 7.25. The standard InChI is InChI=1S/C23H22BrN3O4/c1-3-5-17-10-16(11-18(13-25)22(28)27-23(26)29)12-20(30-4-2)21(17)31-14-15-6-8-19(24)9-7-15/h3,6-12H,1,4-5,14H2,2H3,(H3,26,27,28,29)/b18-11-. The predicted octanol–water partition coefficient (Wildman–Crippen LogP) is 4.26. The zero-order valence-corrected chi connectivity index (χ0v) is 18.6. The number of nitrogens with zero attached hydrogens (tertiary/aromatic N) is 1. The van der Waals surface area contributed by atoms with Crippen molar-refractivity contribution in [3.63, 3.8) is 0 Å². The van der Waals surface area contributed by atoms with Crippen LogP contribution in [-0.2, 0) is 17.8 Å². The lowest BCUT2D eigenvalue weighted by atomic mass is 10.0. The number of nitrogens with two attached hydrogens (primary N) is 1. The number of halogens is 1. The van der Waals surface area contributed by atoms with E-state index in [0.29, 0.717) is 36.7 Å². The summed E-state index contributed by atoms with van der Waals surface area (Å²) in [7, 11) is 0. The first-order valence-corrected chi connectivity index (χ1v) is 10.2. The quantitative estimate of drug-likeness (QED) is 0.314. The van der Waals surface area contributed by atoms with Crippen LogP contribution in [0.4, 0.5) is 4.79 Å². The summed E-state index contributed by atoms with van der Waals surface area (Å²) < 4.78 is 12.8. The van der Waals surface area contributed by atoms with E-state index in [1.54, 1.807) is 24.3 Å². The minimum atomic E-state index is -1.04. The van der Waals surface area contributed by atoms with Gasteiger partial charge in [0.15, 0.2) is 11.5 Å². The fraction of sp³-hybridized carbons (Fsp3) is 0.174. The highest BCUT2D eigenvalue weighted by Crippen LogP contribution is 2.35. The molecule has 0 spiro atoms. The Balaban J connectivity index is 2.43. The molecular formula is C23H22BrN3O4. The summed E-state index contributed by atoms with van der Waals surface area (Å²) in [6.45, 7) is 6.35. The largest absolute Gasteiger partial charge is 0.490 e. The van der Waals surface area contributed by atoms with Crippen molar-refractivity contribution in [2.24, 2.45) is 5.73 Å². The number of carbonyl (C=O) groups is 2. The van der Waals surface area contributed by atoms with E-state index >= 15 is 0 Å². The van der Waals surface area contributed by atoms with Crippen molar-refractivity contribution >= 4 is 33.9 Å². The fourth-order valence-corrected chi connectivity index (χ4v) is 3.00. The molecule has 3 N–H and O–H groups in total. The number of allylic oxidation sites excluding steroid dienone is 1. The first-order chi connectivity index (χ1) is 14.9. The first kappa shape index (κ1) is 23.7. The maximum Gasteiger partial charge on any atom is 0.319 e. The number of hydrogen-bond donors (Lipinski definition) is 2. The van der Waals surface area contributed by atoms with Crippen LogP contribution < -0.4 is 20.5 Å². The lowest BCUT2D eigenvalue weighted by Gasteiger charge is -2.17. The van der Waals surface area contributed by atoms with Gasteiger partial charge in [0.2, 0.25) is 0 Å². The SMILES string of the molecule is C=CCc1cc(/C=C(/C#N)C(=O)NC(N)=O)cc(OCC)c1OCc1ccc(Br)cc1. The number of rotatable bonds is 9. The van der Waals surface area contributed by atoms with Gasteiger partial charge in [0, 0.05) is 10.0 Å². The van der Waals surface area contributed by atoms with E-state index in [2.05, 4.69) is 22.5 Å². The van der Waals surface area contributed by atoms with Crippen LogP contribution in [0.2, 0.25) is 0 Å². The van der Waals surface area contributed by atoms with Gasteiger partial charge in [-0.05, 0) is 54.8 Å². The monoisotopic (exact) mass is 483 g/mol. The summed E-state index contributed by atoms with van der Waals surface area (Å²) >= 11 is 3.41. The third-order valence-corrected chi connectivity index (χ3v) is 4.56. The van der Waals surface area contributed by atoms with Crippen molar-refractivity contribution in [1.29, 1.82) is 5.26 Å². The molecule has 0 bridgehead atoms. The van der Waals surface area contributed by atoms with Crippen LogP contribution in [0.15, 0.2) is 59.1 Å². The van der Waals surface area contributed by atoms with Gasteiger partial charge in [-0.25, -0.2) is 4.79 Å². The molecule has 2 aromatic rings. The van der Waals surface area contributed by atoms with E-state index < -0.39 is 11.9 Å². The van der Waals surface area contributed by atoms with Crippen molar-refractivity contribution in [2.45, 2.75) is 20.0 Å². The minimum Gasteiger partial charge on any atom is -0.490 e. The van der Waals surface area contributed by atoms with Gasteiger partial charge < -0.3 is 15.2 Å². The highest BCUT2D eigenvalue weighted by molar-refractivity contribution is 9.10. The number of carbonyl (C=O) groups excluding carboxylic acids is 2. The van der Waals surface area contributed by atoms with Gasteiger partial charge in [-0.1, -0.05) is 34.1 Å². The molecule has 2 rings (SSSR count). The van der Waals surface area contributed by atoms with E-state index in [9.17, 15) is 14.9 Å². The molecule has 0 heterocycles. The summed E-state index contributed by atoms with van der Waals surface area (Å²) in [5, 5.41) is 11.2. The number of nitrogens with one attached hydrogen (secondary N) is 1. The summed E-state index contributed by atoms with van der Waals surface area (Å²) in [6, 6.07) is 11.9. The van der Waals surface area contributed by atoms with E-state index in [1.165, 1.54) is 6.08 Å². The molecular weight excluding hydrogens is 462 g/mol. The molecule has 0 saturated carbocycles. The fourth-order valence-electron chi connectivity index (χ4n) is 2.73. The number of benzene rings is 2. The Morgan fingerprint density at radius 1 is 1.26 bits per heavy atom. The molecule has 0 fully saturated rings. The van der Waals surface area contributed by atoms with Gasteiger partial charge >= 0.3 is 6.03 Å². The van der Waals surface area contributed by atoms with Crippen LogP contribution in [0.3, 0.4) is 0 Å². The zero-order chi connectivity index (χ0) is 22.8. The maximum absolute atomic E-state index is 12.0. The summed E-state index contributed by atoms with van der Waals surface area (Å²) in [6.07, 6.45) is 3.55. The molecule has 0 aliphatic heterocycles. The maximum atomic E-state index is 12.0. The Hall–Kier alpha value is -3.57. The van der Waals surface area contributed by atoms with Gasteiger partial charge in [-0.15, -0.1) is 6.58 Å². The summed E-state index contributed by atoms with van der Waals surface area (Å²) in [5.41, 5.74) is 6.98. The molecule has 0 atom stereocenters. The number of nitriles is 1. The van der Waals surface area contributed by atoms with Gasteiger partial charge in [-0.2, -0.15) is 5.26 Å². The smallest absolute Gasteiger partial charge is 0.319 e. The van der Waals surface area contributed by atoms with Gasteiger partial charge in [0.1, 0.15) is 18.2 Å².